The molecule has 144 valence electrons. The fraction of sp³-hybridized carbons (Fsp3) is 0.143. The molecule has 1 atom stereocenters. The third-order valence-corrected chi connectivity index (χ3v) is 5.11. The second kappa shape index (κ2) is 8.61. The summed E-state index contributed by atoms with van der Waals surface area (Å²) in [5, 5.41) is 15.0. The van der Waals surface area contributed by atoms with Crippen LogP contribution >= 0.6 is 23.2 Å². The Balaban J connectivity index is 1.76. The van der Waals surface area contributed by atoms with Gasteiger partial charge in [0, 0.05) is 22.6 Å². The van der Waals surface area contributed by atoms with E-state index in [1.165, 1.54) is 0 Å². The number of aliphatic hydroxyl groups excluding tert-OH is 1. The Morgan fingerprint density at radius 3 is 2.50 bits per heavy atom. The van der Waals surface area contributed by atoms with Gasteiger partial charge < -0.3 is 9.67 Å². The lowest BCUT2D eigenvalue weighted by Gasteiger charge is -2.10. The molecule has 1 heterocycles. The van der Waals surface area contributed by atoms with E-state index in [0.29, 0.717) is 15.6 Å². The monoisotopic (exact) mass is 415 g/mol. The Bertz CT molecular complexity index is 1030. The van der Waals surface area contributed by atoms with Gasteiger partial charge in [0.1, 0.15) is 0 Å². The lowest BCUT2D eigenvalue weighted by Crippen LogP contribution is -2.25. The number of aryl methyl sites for hydroxylation is 1. The predicted octanol–water partition coefficient (Wildman–Crippen LogP) is 4.58. The number of carbonyl (C=O) groups excluding carboxylic acids is 1. The first kappa shape index (κ1) is 20.1. The van der Waals surface area contributed by atoms with Crippen LogP contribution in [0.2, 0.25) is 10.0 Å². The second-order valence-corrected chi connectivity index (χ2v) is 7.12. The number of hydrogen-bond acceptors (Lipinski definition) is 3. The van der Waals surface area contributed by atoms with Crippen molar-refractivity contribution in [2.45, 2.75) is 20.0 Å². The van der Waals surface area contributed by atoms with E-state index in [9.17, 15) is 9.90 Å². The van der Waals surface area contributed by atoms with Crippen LogP contribution in [-0.4, -0.2) is 21.8 Å². The first-order valence-corrected chi connectivity index (χ1v) is 9.34. The van der Waals surface area contributed by atoms with Crippen molar-refractivity contribution < 1.29 is 9.90 Å². The SMILES string of the molecule is Cc1cc(/C=N\NC(=O)[C@H](O)c2ccccc2)c(C)n1-c1ccc(Cl)c(Cl)c1. The van der Waals surface area contributed by atoms with Crippen molar-refractivity contribution in [3.63, 3.8) is 0 Å². The second-order valence-electron chi connectivity index (χ2n) is 6.31. The number of amides is 1. The highest BCUT2D eigenvalue weighted by atomic mass is 35.5. The maximum atomic E-state index is 12.1. The molecule has 0 aliphatic carbocycles. The zero-order valence-corrected chi connectivity index (χ0v) is 16.9. The van der Waals surface area contributed by atoms with Crippen molar-refractivity contribution in [2.75, 3.05) is 0 Å². The fourth-order valence-electron chi connectivity index (χ4n) is 2.95. The van der Waals surface area contributed by atoms with E-state index in [4.69, 9.17) is 23.2 Å². The molecule has 0 radical (unpaired) electrons. The van der Waals surface area contributed by atoms with Crippen LogP contribution in [-0.2, 0) is 4.79 Å². The summed E-state index contributed by atoms with van der Waals surface area (Å²) in [6.07, 6.45) is 0.272. The van der Waals surface area contributed by atoms with Crippen LogP contribution in [0.25, 0.3) is 5.69 Å². The summed E-state index contributed by atoms with van der Waals surface area (Å²) < 4.78 is 2.02. The number of hydrazone groups is 1. The number of carbonyl (C=O) groups is 1. The summed E-state index contributed by atoms with van der Waals surface area (Å²) >= 11 is 12.1. The van der Waals surface area contributed by atoms with Gasteiger partial charge in [-0.05, 0) is 43.7 Å². The largest absolute Gasteiger partial charge is 0.378 e. The van der Waals surface area contributed by atoms with E-state index >= 15 is 0 Å². The molecule has 0 unspecified atom stereocenters. The van der Waals surface area contributed by atoms with E-state index in [2.05, 4.69) is 10.5 Å². The third-order valence-electron chi connectivity index (χ3n) is 4.37. The minimum absolute atomic E-state index is 0.476. The lowest BCUT2D eigenvalue weighted by atomic mass is 10.1. The van der Waals surface area contributed by atoms with Crippen molar-refractivity contribution >= 4 is 35.3 Å². The maximum Gasteiger partial charge on any atom is 0.273 e. The molecule has 0 fully saturated rings. The van der Waals surface area contributed by atoms with Crippen molar-refractivity contribution in [1.29, 1.82) is 0 Å². The first-order chi connectivity index (χ1) is 13.4. The summed E-state index contributed by atoms with van der Waals surface area (Å²) in [5.41, 5.74) is 6.50. The zero-order chi connectivity index (χ0) is 20.3. The van der Waals surface area contributed by atoms with Crippen LogP contribution in [0.1, 0.15) is 28.6 Å². The van der Waals surface area contributed by atoms with Gasteiger partial charge in [-0.15, -0.1) is 0 Å². The van der Waals surface area contributed by atoms with E-state index in [0.717, 1.165) is 22.6 Å². The van der Waals surface area contributed by atoms with Gasteiger partial charge in [-0.25, -0.2) is 5.43 Å². The number of hydrogen-bond donors (Lipinski definition) is 2. The molecule has 3 aromatic rings. The van der Waals surface area contributed by atoms with Crippen LogP contribution in [0.15, 0.2) is 59.7 Å². The van der Waals surface area contributed by atoms with E-state index in [1.54, 1.807) is 42.6 Å². The fourth-order valence-corrected chi connectivity index (χ4v) is 3.25. The molecule has 2 N–H and O–H groups in total. The van der Waals surface area contributed by atoms with Crippen LogP contribution in [0.5, 0.6) is 0 Å². The lowest BCUT2D eigenvalue weighted by molar-refractivity contribution is -0.129. The number of rotatable bonds is 5. The predicted molar refractivity (Wildman–Crippen MR) is 112 cm³/mol. The van der Waals surface area contributed by atoms with Crippen LogP contribution < -0.4 is 5.43 Å². The molecular weight excluding hydrogens is 397 g/mol. The van der Waals surface area contributed by atoms with Crippen LogP contribution in [0, 0.1) is 13.8 Å². The van der Waals surface area contributed by atoms with Gasteiger partial charge >= 0.3 is 0 Å². The molecule has 0 saturated carbocycles. The molecule has 0 aliphatic rings. The van der Waals surface area contributed by atoms with Gasteiger partial charge in [0.15, 0.2) is 6.10 Å². The number of nitrogens with one attached hydrogen (secondary N) is 1. The molecule has 0 saturated heterocycles. The molecule has 7 heteroatoms. The highest BCUT2D eigenvalue weighted by Crippen LogP contribution is 2.27. The summed E-state index contributed by atoms with van der Waals surface area (Å²) in [6, 6.07) is 16.1. The minimum Gasteiger partial charge on any atom is -0.378 e. The van der Waals surface area contributed by atoms with E-state index in [1.807, 2.05) is 36.6 Å². The Hall–Kier alpha value is -2.60. The molecule has 5 nitrogen and oxygen atoms in total. The molecule has 0 bridgehead atoms. The van der Waals surface area contributed by atoms with Gasteiger partial charge in [0.2, 0.25) is 0 Å². The molecule has 28 heavy (non-hydrogen) atoms. The summed E-state index contributed by atoms with van der Waals surface area (Å²) in [4.78, 5) is 12.1. The molecular formula is C21H19Cl2N3O2. The maximum absolute atomic E-state index is 12.1. The van der Waals surface area contributed by atoms with E-state index < -0.39 is 12.0 Å². The summed E-state index contributed by atoms with van der Waals surface area (Å²) in [5.74, 6) is -0.597. The molecule has 1 amide bonds. The Kier molecular flexibility index (Phi) is 6.19. The van der Waals surface area contributed by atoms with E-state index in [-0.39, 0.29) is 0 Å². The van der Waals surface area contributed by atoms with Crippen LogP contribution in [0.4, 0.5) is 0 Å². The molecule has 0 aliphatic heterocycles. The first-order valence-electron chi connectivity index (χ1n) is 8.59. The van der Waals surface area contributed by atoms with Crippen molar-refractivity contribution in [2.24, 2.45) is 5.10 Å². The standard InChI is InChI=1S/C21H19Cl2N3O2/c1-13-10-16(14(2)26(13)17-8-9-18(22)19(23)11-17)12-24-25-21(28)20(27)15-6-4-3-5-7-15/h3-12,20,27H,1-2H3,(H,25,28)/b24-12-/t20-/m1/s1. The van der Waals surface area contributed by atoms with Crippen molar-refractivity contribution in [1.82, 2.24) is 9.99 Å². The summed E-state index contributed by atoms with van der Waals surface area (Å²) in [7, 11) is 0. The van der Waals surface area contributed by atoms with Crippen molar-refractivity contribution in [3.8, 4) is 5.69 Å². The van der Waals surface area contributed by atoms with Crippen LogP contribution in [0.3, 0.4) is 0 Å². The number of aliphatic hydroxyl groups is 1. The third kappa shape index (κ3) is 4.28. The molecule has 3 rings (SSSR count). The Labute approximate surface area is 173 Å². The van der Waals surface area contributed by atoms with Gasteiger partial charge in [-0.2, -0.15) is 5.10 Å². The van der Waals surface area contributed by atoms with Gasteiger partial charge in [0.25, 0.3) is 5.91 Å². The molecule has 0 spiro atoms. The van der Waals surface area contributed by atoms with Crippen molar-refractivity contribution in [3.05, 3.63) is 87.2 Å². The van der Waals surface area contributed by atoms with Gasteiger partial charge in [0.05, 0.1) is 16.3 Å². The van der Waals surface area contributed by atoms with Gasteiger partial charge in [-0.1, -0.05) is 53.5 Å². The topological polar surface area (TPSA) is 66.6 Å². The number of benzene rings is 2. The Morgan fingerprint density at radius 2 is 1.82 bits per heavy atom. The average Bonchev–Trinajstić information content (AvgIpc) is 2.97. The normalized spacial score (nSPS) is 12.3. The highest BCUT2D eigenvalue weighted by Gasteiger charge is 2.16. The highest BCUT2D eigenvalue weighted by molar-refractivity contribution is 6.42. The quantitative estimate of drug-likeness (QED) is 0.472. The zero-order valence-electron chi connectivity index (χ0n) is 15.4. The number of aromatic nitrogens is 1. The average molecular weight is 416 g/mol. The van der Waals surface area contributed by atoms with Gasteiger partial charge in [-0.3, -0.25) is 4.79 Å². The minimum atomic E-state index is -1.28. The Morgan fingerprint density at radius 1 is 1.11 bits per heavy atom. The number of halogens is 2. The smallest absolute Gasteiger partial charge is 0.273 e. The molecule has 2 aromatic carbocycles. The summed E-state index contributed by atoms with van der Waals surface area (Å²) in [6.45, 7) is 3.90. The molecule has 1 aromatic heterocycles. The number of nitrogens with zero attached hydrogens (tertiary/aromatic N) is 2.